The van der Waals surface area contributed by atoms with E-state index in [0.29, 0.717) is 23.4 Å². The monoisotopic (exact) mass is 317 g/mol. The van der Waals surface area contributed by atoms with Crippen LogP contribution in [-0.4, -0.2) is 28.8 Å². The molecule has 122 valence electrons. The number of rotatable bonds is 1. The van der Waals surface area contributed by atoms with Gasteiger partial charge < -0.3 is 10.2 Å². The zero-order chi connectivity index (χ0) is 16.4. The van der Waals surface area contributed by atoms with Gasteiger partial charge in [-0.1, -0.05) is 12.8 Å². The first kappa shape index (κ1) is 14.6. The molecule has 4 rings (SSSR count). The Balaban J connectivity index is 1.94. The number of fused-ring (bicyclic) bond motifs is 2. The molecule has 0 bridgehead atoms. The van der Waals surface area contributed by atoms with Crippen molar-refractivity contribution in [1.82, 2.24) is 10.2 Å². The van der Waals surface area contributed by atoms with E-state index in [2.05, 4.69) is 10.6 Å². The van der Waals surface area contributed by atoms with Gasteiger partial charge in [-0.15, -0.1) is 0 Å². The SMILES string of the molecule is CCN1C(=O)C2(CCCC2)NC12C(=O)Nc1c(C)cc(F)cc12. The lowest BCUT2D eigenvalue weighted by molar-refractivity contribution is -0.140. The van der Waals surface area contributed by atoms with Gasteiger partial charge in [-0.25, -0.2) is 4.39 Å². The third-order valence-electron chi connectivity index (χ3n) is 5.51. The minimum atomic E-state index is -1.28. The number of carbonyl (C=O) groups excluding carboxylic acids is 2. The fourth-order valence-electron chi connectivity index (χ4n) is 4.49. The molecule has 0 aromatic heterocycles. The van der Waals surface area contributed by atoms with Gasteiger partial charge in [0.15, 0.2) is 0 Å². The Morgan fingerprint density at radius 1 is 1.26 bits per heavy atom. The average Bonchev–Trinajstić information content (AvgIpc) is 3.14. The predicted molar refractivity (Wildman–Crippen MR) is 83.2 cm³/mol. The molecule has 2 amide bonds. The van der Waals surface area contributed by atoms with Gasteiger partial charge in [0.25, 0.3) is 5.91 Å². The number of benzene rings is 1. The third kappa shape index (κ3) is 1.64. The summed E-state index contributed by atoms with van der Waals surface area (Å²) in [5.41, 5.74) is -0.153. The second kappa shape index (κ2) is 4.54. The van der Waals surface area contributed by atoms with E-state index in [-0.39, 0.29) is 11.8 Å². The quantitative estimate of drug-likeness (QED) is 0.833. The van der Waals surface area contributed by atoms with Gasteiger partial charge in [0.2, 0.25) is 11.6 Å². The summed E-state index contributed by atoms with van der Waals surface area (Å²) >= 11 is 0. The lowest BCUT2D eigenvalue weighted by atomic mass is 9.95. The molecule has 1 saturated carbocycles. The second-order valence-corrected chi connectivity index (χ2v) is 6.77. The molecule has 5 nitrogen and oxygen atoms in total. The first-order chi connectivity index (χ1) is 10.9. The highest BCUT2D eigenvalue weighted by atomic mass is 19.1. The van der Waals surface area contributed by atoms with E-state index in [0.717, 1.165) is 25.7 Å². The molecular formula is C17H20FN3O2. The summed E-state index contributed by atoms with van der Waals surface area (Å²) in [4.78, 5) is 27.5. The molecule has 6 heteroatoms. The van der Waals surface area contributed by atoms with Crippen molar-refractivity contribution < 1.29 is 14.0 Å². The van der Waals surface area contributed by atoms with E-state index in [9.17, 15) is 14.0 Å². The highest BCUT2D eigenvalue weighted by Gasteiger charge is 2.65. The van der Waals surface area contributed by atoms with Crippen molar-refractivity contribution >= 4 is 17.5 Å². The second-order valence-electron chi connectivity index (χ2n) is 6.77. The van der Waals surface area contributed by atoms with Crippen LogP contribution in [0.5, 0.6) is 0 Å². The zero-order valence-corrected chi connectivity index (χ0v) is 13.3. The van der Waals surface area contributed by atoms with Gasteiger partial charge in [-0.05, 0) is 44.4 Å². The highest BCUT2D eigenvalue weighted by molar-refractivity contribution is 6.11. The Labute approximate surface area is 134 Å². The molecule has 2 aliphatic heterocycles. The van der Waals surface area contributed by atoms with Crippen LogP contribution in [0.15, 0.2) is 12.1 Å². The predicted octanol–water partition coefficient (Wildman–Crippen LogP) is 2.00. The zero-order valence-electron chi connectivity index (χ0n) is 13.3. The van der Waals surface area contributed by atoms with Crippen molar-refractivity contribution in [3.8, 4) is 0 Å². The highest BCUT2D eigenvalue weighted by Crippen LogP contribution is 2.49. The number of carbonyl (C=O) groups is 2. The summed E-state index contributed by atoms with van der Waals surface area (Å²) in [6.45, 7) is 4.02. The van der Waals surface area contributed by atoms with E-state index in [1.54, 1.807) is 11.8 Å². The number of nitrogens with one attached hydrogen (secondary N) is 2. The fraction of sp³-hybridized carbons (Fsp3) is 0.529. The van der Waals surface area contributed by atoms with Crippen LogP contribution in [0.2, 0.25) is 0 Å². The van der Waals surface area contributed by atoms with Gasteiger partial charge in [-0.3, -0.25) is 14.9 Å². The number of aryl methyl sites for hydroxylation is 1. The summed E-state index contributed by atoms with van der Waals surface area (Å²) in [5.74, 6) is -0.725. The minimum Gasteiger partial charge on any atom is -0.322 e. The molecule has 1 aliphatic carbocycles. The molecule has 2 fully saturated rings. The fourth-order valence-corrected chi connectivity index (χ4v) is 4.49. The van der Waals surface area contributed by atoms with E-state index < -0.39 is 17.0 Å². The van der Waals surface area contributed by atoms with E-state index in [1.165, 1.54) is 12.1 Å². The van der Waals surface area contributed by atoms with Gasteiger partial charge in [-0.2, -0.15) is 0 Å². The number of anilines is 1. The van der Waals surface area contributed by atoms with Crippen LogP contribution in [0.25, 0.3) is 0 Å². The number of likely N-dealkylation sites (N-methyl/N-ethyl adjacent to an activating group) is 1. The van der Waals surface area contributed by atoms with Crippen LogP contribution < -0.4 is 10.6 Å². The Bertz CT molecular complexity index is 727. The molecule has 1 aromatic carbocycles. The van der Waals surface area contributed by atoms with E-state index in [1.807, 2.05) is 6.92 Å². The molecule has 1 atom stereocenters. The molecule has 2 spiro atoms. The summed E-state index contributed by atoms with van der Waals surface area (Å²) in [5, 5.41) is 6.21. The number of hydrogen-bond acceptors (Lipinski definition) is 3. The largest absolute Gasteiger partial charge is 0.322 e. The van der Waals surface area contributed by atoms with Gasteiger partial charge in [0.1, 0.15) is 11.4 Å². The summed E-state index contributed by atoms with van der Waals surface area (Å²) in [7, 11) is 0. The Kier molecular flexibility index (Phi) is 2.89. The van der Waals surface area contributed by atoms with Crippen LogP contribution in [0.1, 0.15) is 43.7 Å². The van der Waals surface area contributed by atoms with Crippen LogP contribution >= 0.6 is 0 Å². The number of nitrogens with zero attached hydrogens (tertiary/aromatic N) is 1. The Hall–Kier alpha value is -1.95. The molecule has 2 heterocycles. The van der Waals surface area contributed by atoms with Crippen LogP contribution in [-0.2, 0) is 15.3 Å². The van der Waals surface area contributed by atoms with Gasteiger partial charge in [0, 0.05) is 12.1 Å². The van der Waals surface area contributed by atoms with Crippen molar-refractivity contribution in [3.63, 3.8) is 0 Å². The summed E-state index contributed by atoms with van der Waals surface area (Å²) in [6.07, 6.45) is 3.37. The number of amides is 2. The maximum atomic E-state index is 14.0. The number of hydrogen-bond donors (Lipinski definition) is 2. The van der Waals surface area contributed by atoms with E-state index >= 15 is 0 Å². The molecule has 1 unspecified atom stereocenters. The topological polar surface area (TPSA) is 61.4 Å². The molecule has 0 radical (unpaired) electrons. The van der Waals surface area contributed by atoms with Crippen LogP contribution in [0.3, 0.4) is 0 Å². The smallest absolute Gasteiger partial charge is 0.270 e. The summed E-state index contributed by atoms with van der Waals surface area (Å²) in [6, 6.07) is 2.77. The van der Waals surface area contributed by atoms with Crippen LogP contribution in [0, 0.1) is 12.7 Å². The minimum absolute atomic E-state index is 0.0394. The van der Waals surface area contributed by atoms with Crippen LogP contribution in [0.4, 0.5) is 10.1 Å². The van der Waals surface area contributed by atoms with Crippen molar-refractivity contribution in [2.24, 2.45) is 0 Å². The maximum Gasteiger partial charge on any atom is 0.270 e. The average molecular weight is 317 g/mol. The normalized spacial score (nSPS) is 28.0. The van der Waals surface area contributed by atoms with Gasteiger partial charge in [0.05, 0.1) is 5.69 Å². The van der Waals surface area contributed by atoms with Crippen molar-refractivity contribution in [2.75, 3.05) is 11.9 Å². The standard InChI is InChI=1S/C17H20FN3O2/c1-3-21-15(23)16(6-4-5-7-16)20-17(21)12-9-11(18)8-10(2)13(12)19-14(17)22/h8-9,20H,3-7H2,1-2H3,(H,19,22). The van der Waals surface area contributed by atoms with Crippen molar-refractivity contribution in [2.45, 2.75) is 50.7 Å². The molecule has 2 N–H and O–H groups in total. The molecular weight excluding hydrogens is 297 g/mol. The molecule has 23 heavy (non-hydrogen) atoms. The molecule has 1 saturated heterocycles. The third-order valence-corrected chi connectivity index (χ3v) is 5.51. The maximum absolute atomic E-state index is 14.0. The number of halogens is 1. The first-order valence-corrected chi connectivity index (χ1v) is 8.18. The first-order valence-electron chi connectivity index (χ1n) is 8.18. The van der Waals surface area contributed by atoms with E-state index in [4.69, 9.17) is 0 Å². The van der Waals surface area contributed by atoms with Crippen molar-refractivity contribution in [1.29, 1.82) is 0 Å². The summed E-state index contributed by atoms with van der Waals surface area (Å²) < 4.78 is 14.0. The lowest BCUT2D eigenvalue weighted by Crippen LogP contribution is -2.56. The molecule has 1 aromatic rings. The van der Waals surface area contributed by atoms with Gasteiger partial charge >= 0.3 is 0 Å². The van der Waals surface area contributed by atoms with Crippen molar-refractivity contribution in [3.05, 3.63) is 29.1 Å². The Morgan fingerprint density at radius 2 is 1.96 bits per heavy atom. The lowest BCUT2D eigenvalue weighted by Gasteiger charge is -2.32. The molecule has 3 aliphatic rings. The Morgan fingerprint density at radius 3 is 2.61 bits per heavy atom.